The maximum Gasteiger partial charge on any atom is 0.322 e. The number of carboxylic acid groups (broad SMARTS) is 1. The van der Waals surface area contributed by atoms with Crippen molar-refractivity contribution in [3.63, 3.8) is 0 Å². The van der Waals surface area contributed by atoms with Crippen LogP contribution in [0.5, 0.6) is 5.75 Å². The predicted molar refractivity (Wildman–Crippen MR) is 87.6 cm³/mol. The Hall–Kier alpha value is -3.16. The number of carbonyl (C=O) groups is 2. The van der Waals surface area contributed by atoms with Crippen LogP contribution in [0, 0.1) is 5.41 Å². The first kappa shape index (κ1) is 17.2. The van der Waals surface area contributed by atoms with Crippen molar-refractivity contribution in [1.29, 1.82) is 5.41 Å². The molecule has 2 aromatic rings. The number of Topliss-reactive ketones (excluding diaryl/α,β-unsaturated/α-hetero) is 1. The van der Waals surface area contributed by atoms with E-state index in [0.717, 1.165) is 5.69 Å². The summed E-state index contributed by atoms with van der Waals surface area (Å²) < 4.78 is 7.29. The van der Waals surface area contributed by atoms with Crippen LogP contribution in [-0.2, 0) is 23.2 Å². The van der Waals surface area contributed by atoms with Gasteiger partial charge < -0.3 is 15.2 Å². The van der Waals surface area contributed by atoms with Gasteiger partial charge in [-0.1, -0.05) is 0 Å². The molecule has 0 atom stereocenters. The lowest BCUT2D eigenvalue weighted by Crippen LogP contribution is -2.17. The van der Waals surface area contributed by atoms with Crippen LogP contribution in [0.25, 0.3) is 0 Å². The fraction of sp³-hybridized carbons (Fsp3) is 0.250. The first-order valence-electron chi connectivity index (χ1n) is 7.17. The van der Waals surface area contributed by atoms with E-state index in [0.29, 0.717) is 17.0 Å². The summed E-state index contributed by atoms with van der Waals surface area (Å²) in [6.45, 7) is 1.21. The van der Waals surface area contributed by atoms with E-state index in [1.807, 2.05) is 6.07 Å². The summed E-state index contributed by atoms with van der Waals surface area (Å²) in [5.41, 5.74) is 1.21. The molecule has 0 radical (unpaired) electrons. The quantitative estimate of drug-likeness (QED) is 0.631. The minimum absolute atomic E-state index is 0.217. The third kappa shape index (κ3) is 4.42. The SMILES string of the molecule is CC(=O)C(=N)c1cc(OCc2ccn(C)n2)ccc1NCC(=O)O. The number of aryl methyl sites for hydroxylation is 1. The Labute approximate surface area is 138 Å². The highest BCUT2D eigenvalue weighted by Crippen LogP contribution is 2.23. The number of carboxylic acids is 1. The number of ketones is 1. The maximum absolute atomic E-state index is 11.5. The first-order valence-corrected chi connectivity index (χ1v) is 7.17. The number of nitrogens with zero attached hydrogens (tertiary/aromatic N) is 2. The average molecular weight is 330 g/mol. The number of ether oxygens (including phenoxy) is 1. The largest absolute Gasteiger partial charge is 0.487 e. The number of benzene rings is 1. The number of aromatic nitrogens is 2. The second-order valence-electron chi connectivity index (χ2n) is 5.16. The van der Waals surface area contributed by atoms with Gasteiger partial charge in [0.15, 0.2) is 5.78 Å². The molecule has 0 aliphatic carbocycles. The lowest BCUT2D eigenvalue weighted by molar-refractivity contribution is -0.134. The molecule has 8 heteroatoms. The molecule has 0 aliphatic rings. The van der Waals surface area contributed by atoms with Crippen molar-refractivity contribution < 1.29 is 19.4 Å². The van der Waals surface area contributed by atoms with Crippen molar-refractivity contribution in [2.45, 2.75) is 13.5 Å². The van der Waals surface area contributed by atoms with E-state index >= 15 is 0 Å². The minimum atomic E-state index is -1.04. The van der Waals surface area contributed by atoms with Crippen molar-refractivity contribution >= 4 is 23.2 Å². The molecule has 0 unspecified atom stereocenters. The van der Waals surface area contributed by atoms with Gasteiger partial charge in [0.25, 0.3) is 0 Å². The van der Waals surface area contributed by atoms with E-state index in [-0.39, 0.29) is 18.9 Å². The van der Waals surface area contributed by atoms with Gasteiger partial charge in [-0.3, -0.25) is 19.7 Å². The van der Waals surface area contributed by atoms with Gasteiger partial charge in [-0.15, -0.1) is 0 Å². The molecule has 0 saturated carbocycles. The number of hydrogen-bond donors (Lipinski definition) is 3. The predicted octanol–water partition coefficient (Wildman–Crippen LogP) is 1.45. The fourth-order valence-corrected chi connectivity index (χ4v) is 2.03. The highest BCUT2D eigenvalue weighted by atomic mass is 16.5. The molecular weight excluding hydrogens is 312 g/mol. The second-order valence-corrected chi connectivity index (χ2v) is 5.16. The molecule has 0 saturated heterocycles. The first-order chi connectivity index (χ1) is 11.4. The zero-order chi connectivity index (χ0) is 17.7. The third-order valence-electron chi connectivity index (χ3n) is 3.20. The summed E-state index contributed by atoms with van der Waals surface area (Å²) in [5, 5.41) is 23.5. The van der Waals surface area contributed by atoms with Gasteiger partial charge in [0, 0.05) is 31.4 Å². The molecular formula is C16H18N4O4. The van der Waals surface area contributed by atoms with Gasteiger partial charge >= 0.3 is 5.97 Å². The number of nitrogens with one attached hydrogen (secondary N) is 2. The highest BCUT2D eigenvalue weighted by molar-refractivity contribution is 6.45. The number of rotatable bonds is 8. The molecule has 0 fully saturated rings. The number of aliphatic carboxylic acids is 1. The number of carbonyl (C=O) groups excluding carboxylic acids is 1. The minimum Gasteiger partial charge on any atom is -0.487 e. The highest BCUT2D eigenvalue weighted by Gasteiger charge is 2.14. The summed E-state index contributed by atoms with van der Waals surface area (Å²) in [6, 6.07) is 6.59. The average Bonchev–Trinajstić information content (AvgIpc) is 2.95. The van der Waals surface area contributed by atoms with Crippen molar-refractivity contribution in [2.24, 2.45) is 7.05 Å². The molecule has 1 heterocycles. The van der Waals surface area contributed by atoms with Crippen molar-refractivity contribution in [2.75, 3.05) is 11.9 Å². The molecule has 24 heavy (non-hydrogen) atoms. The Morgan fingerprint density at radius 3 is 2.71 bits per heavy atom. The molecule has 1 aromatic carbocycles. The number of anilines is 1. The van der Waals surface area contributed by atoms with E-state index in [9.17, 15) is 9.59 Å². The second kappa shape index (κ2) is 7.40. The van der Waals surface area contributed by atoms with Gasteiger partial charge in [-0.05, 0) is 24.3 Å². The Bertz CT molecular complexity index is 782. The summed E-state index contributed by atoms with van der Waals surface area (Å²) in [7, 11) is 1.80. The standard InChI is InChI=1S/C16H18N4O4/c1-10(21)16(17)13-7-12(3-4-14(13)18-8-15(22)23)24-9-11-5-6-20(2)19-11/h3-7,17-18H,8-9H2,1-2H3,(H,22,23). The molecule has 0 spiro atoms. The van der Waals surface area contributed by atoms with Crippen LogP contribution in [0.2, 0.25) is 0 Å². The summed E-state index contributed by atoms with van der Waals surface area (Å²) in [4.78, 5) is 22.2. The van der Waals surface area contributed by atoms with E-state index in [2.05, 4.69) is 10.4 Å². The lowest BCUT2D eigenvalue weighted by Gasteiger charge is -2.13. The van der Waals surface area contributed by atoms with Gasteiger partial charge in [-0.2, -0.15) is 5.10 Å². The summed E-state index contributed by atoms with van der Waals surface area (Å²) >= 11 is 0. The zero-order valence-electron chi connectivity index (χ0n) is 13.4. The lowest BCUT2D eigenvalue weighted by atomic mass is 10.0. The van der Waals surface area contributed by atoms with Gasteiger partial charge in [0.2, 0.25) is 0 Å². The molecule has 3 N–H and O–H groups in total. The van der Waals surface area contributed by atoms with E-state index in [1.165, 1.54) is 13.0 Å². The summed E-state index contributed by atoms with van der Waals surface area (Å²) in [5.74, 6) is -0.997. The molecule has 0 bridgehead atoms. The zero-order valence-corrected chi connectivity index (χ0v) is 13.4. The van der Waals surface area contributed by atoms with Crippen LogP contribution >= 0.6 is 0 Å². The third-order valence-corrected chi connectivity index (χ3v) is 3.20. The number of hydrogen-bond acceptors (Lipinski definition) is 6. The molecule has 8 nitrogen and oxygen atoms in total. The Balaban J connectivity index is 2.20. The van der Waals surface area contributed by atoms with Crippen LogP contribution in [-0.4, -0.2) is 38.9 Å². The molecule has 126 valence electrons. The van der Waals surface area contributed by atoms with Crippen LogP contribution in [0.1, 0.15) is 18.2 Å². The van der Waals surface area contributed by atoms with Crippen LogP contribution in [0.4, 0.5) is 5.69 Å². The van der Waals surface area contributed by atoms with Gasteiger partial charge in [0.1, 0.15) is 24.6 Å². The van der Waals surface area contributed by atoms with E-state index in [4.69, 9.17) is 15.3 Å². The Kier molecular flexibility index (Phi) is 5.31. The monoisotopic (exact) mass is 330 g/mol. The van der Waals surface area contributed by atoms with Crippen molar-refractivity contribution in [3.05, 3.63) is 41.7 Å². The Morgan fingerprint density at radius 1 is 1.38 bits per heavy atom. The molecule has 2 rings (SSSR count). The summed E-state index contributed by atoms with van der Waals surface area (Å²) in [6.07, 6.45) is 1.80. The normalized spacial score (nSPS) is 10.2. The van der Waals surface area contributed by atoms with Crippen molar-refractivity contribution in [1.82, 2.24) is 9.78 Å². The Morgan fingerprint density at radius 2 is 2.12 bits per heavy atom. The molecule has 0 aliphatic heterocycles. The molecule has 1 aromatic heterocycles. The van der Waals surface area contributed by atoms with Crippen molar-refractivity contribution in [3.8, 4) is 5.75 Å². The van der Waals surface area contributed by atoms with E-state index < -0.39 is 11.8 Å². The van der Waals surface area contributed by atoms with Crippen LogP contribution in [0.3, 0.4) is 0 Å². The van der Waals surface area contributed by atoms with Gasteiger partial charge in [0.05, 0.1) is 5.69 Å². The van der Waals surface area contributed by atoms with Crippen LogP contribution in [0.15, 0.2) is 30.5 Å². The van der Waals surface area contributed by atoms with Gasteiger partial charge in [-0.25, -0.2) is 0 Å². The smallest absolute Gasteiger partial charge is 0.322 e. The fourth-order valence-electron chi connectivity index (χ4n) is 2.03. The topological polar surface area (TPSA) is 117 Å². The molecule has 0 amide bonds. The van der Waals surface area contributed by atoms with Crippen LogP contribution < -0.4 is 10.1 Å². The van der Waals surface area contributed by atoms with E-state index in [1.54, 1.807) is 30.1 Å². The maximum atomic E-state index is 11.5.